The Morgan fingerprint density at radius 1 is 1.08 bits per heavy atom. The van der Waals surface area contributed by atoms with E-state index in [0.717, 1.165) is 16.7 Å². The zero-order valence-corrected chi connectivity index (χ0v) is 16.1. The van der Waals surface area contributed by atoms with Crippen molar-refractivity contribution in [1.82, 2.24) is 5.32 Å². The van der Waals surface area contributed by atoms with Gasteiger partial charge in [-0.1, -0.05) is 29.8 Å². The number of ether oxygens (including phenoxy) is 1. The van der Waals surface area contributed by atoms with Crippen molar-refractivity contribution in [3.8, 4) is 0 Å². The van der Waals surface area contributed by atoms with Crippen molar-refractivity contribution in [1.29, 1.82) is 0 Å². The highest BCUT2D eigenvalue weighted by Gasteiger charge is 2.28. The van der Waals surface area contributed by atoms with Gasteiger partial charge in [-0.05, 0) is 61.7 Å². The largest absolute Gasteiger partial charge is 0.372 e. The molecule has 5 nitrogen and oxygen atoms in total. The Balaban J connectivity index is 2.02. The van der Waals surface area contributed by atoms with Crippen LogP contribution in [0.15, 0.2) is 42.5 Å². The zero-order valence-electron chi connectivity index (χ0n) is 15.4. The van der Waals surface area contributed by atoms with Crippen molar-refractivity contribution in [3.63, 3.8) is 0 Å². The molecule has 0 aromatic heterocycles. The van der Waals surface area contributed by atoms with Crippen molar-refractivity contribution in [2.75, 3.05) is 19.0 Å². The molecule has 0 aliphatic heterocycles. The molecule has 6 heteroatoms. The van der Waals surface area contributed by atoms with Crippen LogP contribution in [0.3, 0.4) is 0 Å². The average molecular weight is 375 g/mol. The molecule has 2 aromatic carbocycles. The van der Waals surface area contributed by atoms with Gasteiger partial charge < -0.3 is 15.4 Å². The van der Waals surface area contributed by atoms with Gasteiger partial charge in [-0.2, -0.15) is 0 Å². The highest BCUT2D eigenvalue weighted by atomic mass is 35.5. The third kappa shape index (κ3) is 5.07. The number of hydrogen-bond acceptors (Lipinski definition) is 3. The fourth-order valence-corrected chi connectivity index (χ4v) is 2.86. The van der Waals surface area contributed by atoms with Crippen molar-refractivity contribution < 1.29 is 14.3 Å². The number of nitrogens with one attached hydrogen (secondary N) is 2. The molecule has 0 spiro atoms. The Kier molecular flexibility index (Phi) is 6.40. The molecule has 2 rings (SSSR count). The summed E-state index contributed by atoms with van der Waals surface area (Å²) in [6.07, 6.45) is 0. The summed E-state index contributed by atoms with van der Waals surface area (Å²) in [7, 11) is 1.54. The van der Waals surface area contributed by atoms with Crippen molar-refractivity contribution in [2.24, 2.45) is 0 Å². The summed E-state index contributed by atoms with van der Waals surface area (Å²) < 4.78 is 5.55. The molecule has 0 aliphatic rings. The maximum atomic E-state index is 12.2. The monoisotopic (exact) mass is 374 g/mol. The number of methoxy groups -OCH3 is 1. The second-order valence-corrected chi connectivity index (χ2v) is 6.89. The van der Waals surface area contributed by atoms with E-state index in [4.69, 9.17) is 16.3 Å². The summed E-state index contributed by atoms with van der Waals surface area (Å²) in [5.41, 5.74) is 2.61. The van der Waals surface area contributed by atoms with Crippen LogP contribution < -0.4 is 10.6 Å². The van der Waals surface area contributed by atoms with E-state index < -0.39 is 17.4 Å². The van der Waals surface area contributed by atoms with Crippen LogP contribution in [0.4, 0.5) is 5.69 Å². The number of rotatable bonds is 5. The lowest BCUT2D eigenvalue weighted by Gasteiger charge is -2.29. The summed E-state index contributed by atoms with van der Waals surface area (Å²) >= 11 is 6.03. The molecule has 2 amide bonds. The minimum atomic E-state index is -0.805. The van der Waals surface area contributed by atoms with E-state index in [0.29, 0.717) is 10.7 Å². The summed E-state index contributed by atoms with van der Waals surface area (Å²) in [5.74, 6) is -1.45. The Hall–Kier alpha value is -2.37. The molecule has 1 atom stereocenters. The molecule has 0 bridgehead atoms. The van der Waals surface area contributed by atoms with Gasteiger partial charge in [-0.15, -0.1) is 0 Å². The topological polar surface area (TPSA) is 67.4 Å². The predicted molar refractivity (Wildman–Crippen MR) is 103 cm³/mol. The summed E-state index contributed by atoms with van der Waals surface area (Å²) in [5, 5.41) is 5.81. The lowest BCUT2D eigenvalue weighted by molar-refractivity contribution is -0.137. The maximum absolute atomic E-state index is 12.2. The Morgan fingerprint density at radius 2 is 1.73 bits per heavy atom. The summed E-state index contributed by atoms with van der Waals surface area (Å²) in [6, 6.07) is 12.8. The zero-order chi connectivity index (χ0) is 19.3. The highest BCUT2D eigenvalue weighted by Crippen LogP contribution is 2.26. The fourth-order valence-electron chi connectivity index (χ4n) is 2.67. The molecule has 138 valence electrons. The van der Waals surface area contributed by atoms with Crippen molar-refractivity contribution in [3.05, 3.63) is 64.2 Å². The number of halogens is 1. The Bertz CT molecular complexity index is 802. The molecule has 2 N–H and O–H groups in total. The van der Waals surface area contributed by atoms with E-state index in [1.165, 1.54) is 0 Å². The molecule has 2 aromatic rings. The van der Waals surface area contributed by atoms with Crippen molar-refractivity contribution >= 4 is 29.1 Å². The van der Waals surface area contributed by atoms with Gasteiger partial charge in [0.05, 0.1) is 6.54 Å². The smallest absolute Gasteiger partial charge is 0.313 e. The first-order valence-electron chi connectivity index (χ1n) is 8.22. The van der Waals surface area contributed by atoms with E-state index in [2.05, 4.69) is 10.6 Å². The van der Waals surface area contributed by atoms with E-state index in [1.54, 1.807) is 19.2 Å². The van der Waals surface area contributed by atoms with Crippen LogP contribution in [0.1, 0.15) is 23.6 Å². The first kappa shape index (κ1) is 19.9. The first-order valence-corrected chi connectivity index (χ1v) is 8.60. The molecule has 0 radical (unpaired) electrons. The van der Waals surface area contributed by atoms with Gasteiger partial charge >= 0.3 is 11.8 Å². The third-order valence-electron chi connectivity index (χ3n) is 4.16. The molecule has 0 fully saturated rings. The number of benzene rings is 2. The van der Waals surface area contributed by atoms with Crippen LogP contribution >= 0.6 is 11.6 Å². The molecule has 0 heterocycles. The van der Waals surface area contributed by atoms with E-state index in [1.807, 2.05) is 51.1 Å². The van der Waals surface area contributed by atoms with Crippen LogP contribution in [0, 0.1) is 13.8 Å². The molecule has 0 saturated heterocycles. The van der Waals surface area contributed by atoms with Crippen molar-refractivity contribution in [2.45, 2.75) is 26.4 Å². The number of hydrogen-bond donors (Lipinski definition) is 2. The number of anilines is 1. The maximum Gasteiger partial charge on any atom is 0.313 e. The molecule has 0 saturated carbocycles. The van der Waals surface area contributed by atoms with Gasteiger partial charge in [0.2, 0.25) is 0 Å². The van der Waals surface area contributed by atoms with E-state index in [9.17, 15) is 9.59 Å². The SMILES string of the molecule is COC(C)(CNC(=O)C(=O)Nc1cc(C)cc(C)c1)c1cccc(Cl)c1. The molecular formula is C20H23ClN2O3. The number of carbonyl (C=O) groups excluding carboxylic acids is 2. The third-order valence-corrected chi connectivity index (χ3v) is 4.39. The van der Waals surface area contributed by atoms with Crippen LogP contribution in [-0.2, 0) is 19.9 Å². The lowest BCUT2D eigenvalue weighted by atomic mass is 9.95. The summed E-state index contributed by atoms with van der Waals surface area (Å²) in [4.78, 5) is 24.3. The van der Waals surface area contributed by atoms with Gasteiger partial charge in [0.25, 0.3) is 0 Å². The standard InChI is InChI=1S/C20H23ClN2O3/c1-13-8-14(2)10-17(9-13)23-19(25)18(24)22-12-20(3,26-4)15-6-5-7-16(21)11-15/h5-11H,12H2,1-4H3,(H,22,24)(H,23,25). The summed E-state index contributed by atoms with van der Waals surface area (Å²) in [6.45, 7) is 5.80. The van der Waals surface area contributed by atoms with Gasteiger partial charge in [0, 0.05) is 17.8 Å². The second kappa shape index (κ2) is 8.34. The van der Waals surface area contributed by atoms with Gasteiger partial charge in [0.15, 0.2) is 0 Å². The molecular weight excluding hydrogens is 352 g/mol. The fraction of sp³-hybridized carbons (Fsp3) is 0.300. The lowest BCUT2D eigenvalue weighted by Crippen LogP contribution is -2.44. The molecule has 1 unspecified atom stereocenters. The van der Waals surface area contributed by atoms with Crippen LogP contribution in [0.25, 0.3) is 0 Å². The van der Waals surface area contributed by atoms with Crippen LogP contribution in [0.2, 0.25) is 5.02 Å². The van der Waals surface area contributed by atoms with Gasteiger partial charge in [-0.25, -0.2) is 0 Å². The minimum absolute atomic E-state index is 0.128. The Morgan fingerprint density at radius 3 is 2.31 bits per heavy atom. The molecule has 26 heavy (non-hydrogen) atoms. The average Bonchev–Trinajstić information content (AvgIpc) is 2.58. The Labute approximate surface area is 158 Å². The molecule has 0 aliphatic carbocycles. The van der Waals surface area contributed by atoms with Gasteiger partial charge in [0.1, 0.15) is 5.60 Å². The van der Waals surface area contributed by atoms with E-state index in [-0.39, 0.29) is 6.54 Å². The predicted octanol–water partition coefficient (Wildman–Crippen LogP) is 3.57. The minimum Gasteiger partial charge on any atom is -0.372 e. The van der Waals surface area contributed by atoms with Crippen LogP contribution in [-0.4, -0.2) is 25.5 Å². The number of carbonyl (C=O) groups is 2. The quantitative estimate of drug-likeness (QED) is 0.786. The van der Waals surface area contributed by atoms with Crippen LogP contribution in [0.5, 0.6) is 0 Å². The first-order chi connectivity index (χ1) is 12.2. The number of aryl methyl sites for hydroxylation is 2. The number of amides is 2. The normalized spacial score (nSPS) is 13.0. The van der Waals surface area contributed by atoms with Gasteiger partial charge in [-0.3, -0.25) is 9.59 Å². The second-order valence-electron chi connectivity index (χ2n) is 6.46. The highest BCUT2D eigenvalue weighted by molar-refractivity contribution is 6.39. The van der Waals surface area contributed by atoms with E-state index >= 15 is 0 Å².